The van der Waals surface area contributed by atoms with Crippen molar-refractivity contribution in [3.05, 3.63) is 22.2 Å². The first kappa shape index (κ1) is 17.0. The van der Waals surface area contributed by atoms with Crippen LogP contribution in [-0.4, -0.2) is 54.5 Å². The zero-order chi connectivity index (χ0) is 16.7. The average Bonchev–Trinajstić information content (AvgIpc) is 2.68. The first-order chi connectivity index (χ1) is 10.1. The number of hydrogen-bond donors (Lipinski definition) is 5. The van der Waals surface area contributed by atoms with Crippen molar-refractivity contribution in [2.24, 2.45) is 0 Å². The van der Waals surface area contributed by atoms with Crippen molar-refractivity contribution in [3.63, 3.8) is 0 Å². The minimum Gasteiger partial charge on any atom is -0.387 e. The Hall–Kier alpha value is -1.33. The van der Waals surface area contributed by atoms with Gasteiger partial charge in [-0.2, -0.15) is 4.98 Å². The summed E-state index contributed by atoms with van der Waals surface area (Å²) in [6.45, 7) is 0.930. The molecule has 2 heterocycles. The van der Waals surface area contributed by atoms with Gasteiger partial charge in [-0.25, -0.2) is 9.36 Å². The molecule has 22 heavy (non-hydrogen) atoms. The summed E-state index contributed by atoms with van der Waals surface area (Å²) >= 11 is 0. The Kier molecular flexibility index (Phi) is 4.68. The van der Waals surface area contributed by atoms with Crippen LogP contribution < -0.4 is 11.4 Å². The molecule has 2 rings (SSSR count). The van der Waals surface area contributed by atoms with Crippen LogP contribution in [0.3, 0.4) is 0 Å². The minimum atomic E-state index is -4.75. The number of phosphoric acid groups is 1. The molecule has 1 aromatic rings. The first-order valence-corrected chi connectivity index (χ1v) is 7.70. The lowest BCUT2D eigenvalue weighted by molar-refractivity contribution is -0.0542. The van der Waals surface area contributed by atoms with Crippen LogP contribution >= 0.6 is 7.82 Å². The number of nitrogens with zero attached hydrogens (tertiary/aromatic N) is 2. The van der Waals surface area contributed by atoms with Crippen LogP contribution in [0.4, 0.5) is 5.82 Å². The third kappa shape index (κ3) is 3.52. The standard InChI is InChI=1S/C10H16N3O8P/c1-4-2-13(10(16)12-8(4)11)9-7(15)6(14)5(21-9)3-20-22(17,18)19/h2,5-7,9,14-15H,3H2,1H3,(H2,11,12,16)(H2,17,18,19)/t5-,6-,7?,9?/m1/s1. The number of anilines is 1. The lowest BCUT2D eigenvalue weighted by Crippen LogP contribution is -2.36. The second-order valence-electron chi connectivity index (χ2n) is 4.83. The molecular weight excluding hydrogens is 321 g/mol. The predicted octanol–water partition coefficient (Wildman–Crippen LogP) is -2.14. The maximum absolute atomic E-state index is 11.8. The highest BCUT2D eigenvalue weighted by Gasteiger charge is 2.45. The summed E-state index contributed by atoms with van der Waals surface area (Å²) in [4.78, 5) is 32.6. The van der Waals surface area contributed by atoms with Gasteiger partial charge in [-0.15, -0.1) is 0 Å². The first-order valence-electron chi connectivity index (χ1n) is 6.17. The summed E-state index contributed by atoms with van der Waals surface area (Å²) in [5, 5.41) is 19.8. The zero-order valence-corrected chi connectivity index (χ0v) is 12.3. The van der Waals surface area contributed by atoms with E-state index in [9.17, 15) is 19.6 Å². The van der Waals surface area contributed by atoms with E-state index in [1.54, 1.807) is 6.92 Å². The van der Waals surface area contributed by atoms with Gasteiger partial charge in [0, 0.05) is 11.8 Å². The Morgan fingerprint density at radius 1 is 1.45 bits per heavy atom. The summed E-state index contributed by atoms with van der Waals surface area (Å²) in [6.07, 6.45) is -4.21. The van der Waals surface area contributed by atoms with Crippen molar-refractivity contribution in [2.75, 3.05) is 12.3 Å². The van der Waals surface area contributed by atoms with E-state index in [1.807, 2.05) is 0 Å². The van der Waals surface area contributed by atoms with E-state index >= 15 is 0 Å². The number of nitrogens with two attached hydrogens (primary N) is 1. The fourth-order valence-corrected chi connectivity index (χ4v) is 2.37. The van der Waals surface area contributed by atoms with E-state index in [1.165, 1.54) is 6.20 Å². The van der Waals surface area contributed by atoms with Gasteiger partial charge in [0.15, 0.2) is 6.23 Å². The molecule has 0 bridgehead atoms. The highest BCUT2D eigenvalue weighted by molar-refractivity contribution is 7.46. The molecule has 1 aliphatic rings. The van der Waals surface area contributed by atoms with E-state index < -0.39 is 44.7 Å². The number of aliphatic hydroxyl groups is 2. The molecule has 0 aliphatic carbocycles. The minimum absolute atomic E-state index is 0.0238. The fourth-order valence-electron chi connectivity index (χ4n) is 2.03. The molecule has 124 valence electrons. The van der Waals surface area contributed by atoms with Crippen molar-refractivity contribution in [2.45, 2.75) is 31.5 Å². The highest BCUT2D eigenvalue weighted by atomic mass is 31.2. The van der Waals surface area contributed by atoms with Crippen molar-refractivity contribution in [1.82, 2.24) is 9.55 Å². The van der Waals surface area contributed by atoms with Gasteiger partial charge >= 0.3 is 13.5 Å². The largest absolute Gasteiger partial charge is 0.469 e. The van der Waals surface area contributed by atoms with Crippen LogP contribution in [0.1, 0.15) is 11.8 Å². The van der Waals surface area contributed by atoms with Crippen molar-refractivity contribution < 1.29 is 33.8 Å². The Morgan fingerprint density at radius 3 is 2.68 bits per heavy atom. The van der Waals surface area contributed by atoms with Gasteiger partial charge < -0.3 is 30.5 Å². The molecule has 0 aromatic carbocycles. The Balaban J connectivity index is 2.22. The number of phosphoric ester groups is 1. The molecule has 2 unspecified atom stereocenters. The van der Waals surface area contributed by atoms with Crippen LogP contribution in [0.5, 0.6) is 0 Å². The number of ether oxygens (including phenoxy) is 1. The third-order valence-electron chi connectivity index (χ3n) is 3.19. The van der Waals surface area contributed by atoms with Crippen molar-refractivity contribution >= 4 is 13.6 Å². The lowest BCUT2D eigenvalue weighted by Gasteiger charge is -2.18. The maximum atomic E-state index is 11.8. The summed E-state index contributed by atoms with van der Waals surface area (Å²) in [5.41, 5.74) is 5.15. The molecule has 12 heteroatoms. The highest BCUT2D eigenvalue weighted by Crippen LogP contribution is 2.38. The van der Waals surface area contributed by atoms with Gasteiger partial charge in [-0.1, -0.05) is 0 Å². The van der Waals surface area contributed by atoms with Gasteiger partial charge in [-0.3, -0.25) is 9.09 Å². The normalized spacial score (nSPS) is 29.0. The summed E-state index contributed by atoms with van der Waals surface area (Å²) in [7, 11) is -4.75. The molecule has 1 saturated heterocycles. The molecule has 1 aromatic heterocycles. The van der Waals surface area contributed by atoms with Gasteiger partial charge in [0.25, 0.3) is 0 Å². The van der Waals surface area contributed by atoms with Gasteiger partial charge in [0.05, 0.1) is 6.61 Å². The Morgan fingerprint density at radius 2 is 2.09 bits per heavy atom. The van der Waals surface area contributed by atoms with Crippen LogP contribution in [-0.2, 0) is 13.8 Å². The molecular formula is C10H16N3O8P. The number of nitrogen functional groups attached to an aromatic ring is 1. The Labute approximate surface area is 124 Å². The SMILES string of the molecule is Cc1cn(C2O[C@H](COP(=O)(O)O)[C@@H](O)C2O)c(=O)nc1N. The topological polar surface area (TPSA) is 177 Å². The molecule has 0 radical (unpaired) electrons. The molecule has 11 nitrogen and oxygen atoms in total. The fraction of sp³-hybridized carbons (Fsp3) is 0.600. The van der Waals surface area contributed by atoms with Gasteiger partial charge in [-0.05, 0) is 6.92 Å². The number of rotatable bonds is 4. The van der Waals surface area contributed by atoms with Gasteiger partial charge in [0.1, 0.15) is 24.1 Å². The zero-order valence-electron chi connectivity index (χ0n) is 11.4. The van der Waals surface area contributed by atoms with Crippen LogP contribution in [0.25, 0.3) is 0 Å². The molecule has 0 saturated carbocycles. The van der Waals surface area contributed by atoms with E-state index in [0.717, 1.165) is 4.57 Å². The predicted molar refractivity (Wildman–Crippen MR) is 71.6 cm³/mol. The lowest BCUT2D eigenvalue weighted by atomic mass is 10.1. The second-order valence-corrected chi connectivity index (χ2v) is 6.07. The average molecular weight is 337 g/mol. The summed E-state index contributed by atoms with van der Waals surface area (Å²) < 4.78 is 21.1. The number of aliphatic hydroxyl groups excluding tert-OH is 2. The monoisotopic (exact) mass is 337 g/mol. The summed E-state index contributed by atoms with van der Waals surface area (Å²) in [6, 6.07) is 0. The van der Waals surface area contributed by atoms with Crippen molar-refractivity contribution in [1.29, 1.82) is 0 Å². The maximum Gasteiger partial charge on any atom is 0.469 e. The number of aryl methyl sites for hydroxylation is 1. The molecule has 0 amide bonds. The summed E-state index contributed by atoms with van der Waals surface area (Å²) in [5.74, 6) is 0.0238. The molecule has 6 N–H and O–H groups in total. The van der Waals surface area contributed by atoms with Crippen LogP contribution in [0.2, 0.25) is 0 Å². The van der Waals surface area contributed by atoms with Gasteiger partial charge in [0.2, 0.25) is 0 Å². The van der Waals surface area contributed by atoms with Crippen LogP contribution in [0.15, 0.2) is 11.0 Å². The van der Waals surface area contributed by atoms with E-state index in [4.69, 9.17) is 20.3 Å². The van der Waals surface area contributed by atoms with E-state index in [-0.39, 0.29) is 5.82 Å². The molecule has 0 spiro atoms. The molecule has 1 aliphatic heterocycles. The van der Waals surface area contributed by atoms with E-state index in [0.29, 0.717) is 5.56 Å². The van der Waals surface area contributed by atoms with E-state index in [2.05, 4.69) is 9.51 Å². The number of aromatic nitrogens is 2. The van der Waals surface area contributed by atoms with Crippen molar-refractivity contribution in [3.8, 4) is 0 Å². The smallest absolute Gasteiger partial charge is 0.387 e. The van der Waals surface area contributed by atoms with Crippen LogP contribution in [0, 0.1) is 6.92 Å². The number of hydrogen-bond acceptors (Lipinski definition) is 8. The third-order valence-corrected chi connectivity index (χ3v) is 3.68. The molecule has 4 atom stereocenters. The molecule has 1 fully saturated rings. The quantitative estimate of drug-likeness (QED) is 0.381. The Bertz CT molecular complexity index is 658. The second kappa shape index (κ2) is 6.05.